The Hall–Kier alpha value is -4.32. The van der Waals surface area contributed by atoms with Crippen molar-refractivity contribution in [3.05, 3.63) is 88.1 Å². The minimum atomic E-state index is -0.542. The zero-order valence-corrected chi connectivity index (χ0v) is 16.8. The number of nitrogens with zero attached hydrogens (tertiary/aromatic N) is 4. The van der Waals surface area contributed by atoms with Crippen molar-refractivity contribution in [1.29, 1.82) is 5.26 Å². The van der Waals surface area contributed by atoms with Gasteiger partial charge in [-0.2, -0.15) is 5.26 Å². The van der Waals surface area contributed by atoms with Crippen LogP contribution in [-0.4, -0.2) is 20.9 Å². The third-order valence-corrected chi connectivity index (χ3v) is 5.04. The average Bonchev–Trinajstić information content (AvgIpc) is 2.77. The van der Waals surface area contributed by atoms with Gasteiger partial charge in [-0.25, -0.2) is 18.7 Å². The minimum absolute atomic E-state index is 0.0909. The normalized spacial score (nSPS) is 10.8. The van der Waals surface area contributed by atoms with Gasteiger partial charge >= 0.3 is 0 Å². The van der Waals surface area contributed by atoms with E-state index in [0.717, 1.165) is 6.20 Å². The van der Waals surface area contributed by atoms with Gasteiger partial charge in [0.15, 0.2) is 0 Å². The second kappa shape index (κ2) is 8.81. The molecule has 32 heavy (non-hydrogen) atoms. The molecule has 0 spiro atoms. The topological polar surface area (TPSA) is 109 Å². The number of rotatable bonds is 6. The Morgan fingerprint density at radius 2 is 1.97 bits per heavy atom. The number of nitriles is 1. The number of nitrogens with two attached hydrogens (primary N) is 1. The minimum Gasteiger partial charge on any atom is -0.382 e. The first-order valence-corrected chi connectivity index (χ1v) is 9.82. The van der Waals surface area contributed by atoms with E-state index in [1.807, 2.05) is 6.07 Å². The molecule has 3 heterocycles. The number of nitrogens with one attached hydrogen (secondary N) is 1. The molecule has 3 aromatic heterocycles. The number of anilines is 2. The van der Waals surface area contributed by atoms with Crippen molar-refractivity contribution in [2.24, 2.45) is 0 Å². The molecule has 0 bridgehead atoms. The van der Waals surface area contributed by atoms with Crippen LogP contribution in [0.5, 0.6) is 0 Å². The zero-order valence-electron chi connectivity index (χ0n) is 16.8. The van der Waals surface area contributed by atoms with Crippen LogP contribution in [0.25, 0.3) is 16.6 Å². The summed E-state index contributed by atoms with van der Waals surface area (Å²) in [6.45, 7) is 0.441. The van der Waals surface area contributed by atoms with Crippen LogP contribution in [-0.2, 0) is 6.42 Å². The van der Waals surface area contributed by atoms with Crippen molar-refractivity contribution in [1.82, 2.24) is 14.4 Å². The maximum absolute atomic E-state index is 13.9. The molecule has 0 atom stereocenters. The summed E-state index contributed by atoms with van der Waals surface area (Å²) in [5.74, 6) is -0.587. The number of hydrogen-bond donors (Lipinski definition) is 2. The number of aromatic nitrogens is 3. The van der Waals surface area contributed by atoms with Crippen LogP contribution in [0, 0.1) is 23.0 Å². The predicted molar refractivity (Wildman–Crippen MR) is 117 cm³/mol. The fourth-order valence-corrected chi connectivity index (χ4v) is 3.57. The molecule has 9 heteroatoms. The lowest BCUT2D eigenvalue weighted by Gasteiger charge is -2.13. The summed E-state index contributed by atoms with van der Waals surface area (Å²) in [6.07, 6.45) is 3.44. The van der Waals surface area contributed by atoms with Gasteiger partial charge in [0.1, 0.15) is 41.2 Å². The Morgan fingerprint density at radius 1 is 1.12 bits per heavy atom. The Balaban J connectivity index is 1.65. The van der Waals surface area contributed by atoms with E-state index in [1.165, 1.54) is 41.1 Å². The molecule has 0 fully saturated rings. The number of nitrogen functional groups attached to an aromatic ring is 1. The molecule has 4 rings (SSSR count). The molecule has 0 aliphatic heterocycles. The van der Waals surface area contributed by atoms with E-state index < -0.39 is 17.2 Å². The summed E-state index contributed by atoms with van der Waals surface area (Å²) in [6, 6.07) is 12.3. The van der Waals surface area contributed by atoms with Crippen LogP contribution in [0.3, 0.4) is 0 Å². The molecule has 160 valence electrons. The van der Waals surface area contributed by atoms with Gasteiger partial charge in [0.05, 0.1) is 5.56 Å². The molecule has 0 aliphatic rings. The van der Waals surface area contributed by atoms with Gasteiger partial charge < -0.3 is 11.1 Å². The van der Waals surface area contributed by atoms with E-state index in [-0.39, 0.29) is 11.4 Å². The van der Waals surface area contributed by atoms with E-state index >= 15 is 0 Å². The SMILES string of the molecule is N#Cc1c(N)ncnc1NCCCc1cc2ccc(F)cn2c(=O)c1-c1cccc(F)c1. The fourth-order valence-electron chi connectivity index (χ4n) is 3.57. The smallest absolute Gasteiger partial charge is 0.263 e. The lowest BCUT2D eigenvalue weighted by molar-refractivity contribution is 0.618. The fraction of sp³-hybridized carbons (Fsp3) is 0.130. The first-order chi connectivity index (χ1) is 15.5. The summed E-state index contributed by atoms with van der Waals surface area (Å²) < 4.78 is 28.8. The van der Waals surface area contributed by atoms with Crippen LogP contribution >= 0.6 is 0 Å². The molecule has 7 nitrogen and oxygen atoms in total. The van der Waals surface area contributed by atoms with Crippen molar-refractivity contribution < 1.29 is 8.78 Å². The molecule has 0 radical (unpaired) electrons. The molecule has 4 aromatic rings. The van der Waals surface area contributed by atoms with Crippen LogP contribution in [0.15, 0.2) is 59.8 Å². The highest BCUT2D eigenvalue weighted by Gasteiger charge is 2.15. The van der Waals surface area contributed by atoms with Crippen LogP contribution in [0.2, 0.25) is 0 Å². The van der Waals surface area contributed by atoms with Crippen LogP contribution < -0.4 is 16.6 Å². The van der Waals surface area contributed by atoms with Gasteiger partial charge in [-0.1, -0.05) is 12.1 Å². The van der Waals surface area contributed by atoms with E-state index in [9.17, 15) is 18.8 Å². The van der Waals surface area contributed by atoms with Gasteiger partial charge in [-0.15, -0.1) is 0 Å². The maximum atomic E-state index is 13.9. The van der Waals surface area contributed by atoms with Gasteiger partial charge in [0.25, 0.3) is 5.56 Å². The molecular weight excluding hydrogens is 414 g/mol. The van der Waals surface area contributed by atoms with Crippen molar-refractivity contribution in [3.63, 3.8) is 0 Å². The molecule has 0 saturated carbocycles. The Labute approximate surface area is 181 Å². The highest BCUT2D eigenvalue weighted by atomic mass is 19.1. The van der Waals surface area contributed by atoms with E-state index in [2.05, 4.69) is 15.3 Å². The zero-order chi connectivity index (χ0) is 22.7. The van der Waals surface area contributed by atoms with E-state index in [1.54, 1.807) is 12.1 Å². The predicted octanol–water partition coefficient (Wildman–Crippen LogP) is 3.53. The summed E-state index contributed by atoms with van der Waals surface area (Å²) in [7, 11) is 0. The monoisotopic (exact) mass is 432 g/mol. The first-order valence-electron chi connectivity index (χ1n) is 9.82. The summed E-state index contributed by atoms with van der Waals surface area (Å²) >= 11 is 0. The molecular formula is C23H18F2N6O. The van der Waals surface area contributed by atoms with E-state index in [4.69, 9.17) is 5.73 Å². The van der Waals surface area contributed by atoms with Crippen molar-refractivity contribution in [2.75, 3.05) is 17.6 Å². The summed E-state index contributed by atoms with van der Waals surface area (Å²) in [4.78, 5) is 21.0. The van der Waals surface area contributed by atoms with E-state index in [0.29, 0.717) is 47.4 Å². The quantitative estimate of drug-likeness (QED) is 0.451. The number of pyridine rings is 2. The lowest BCUT2D eigenvalue weighted by Crippen LogP contribution is -2.19. The number of benzene rings is 1. The Bertz CT molecular complexity index is 1410. The van der Waals surface area contributed by atoms with Crippen LogP contribution in [0.1, 0.15) is 17.5 Å². The van der Waals surface area contributed by atoms with Crippen LogP contribution in [0.4, 0.5) is 20.4 Å². The van der Waals surface area contributed by atoms with Crippen molar-refractivity contribution in [2.45, 2.75) is 12.8 Å². The molecule has 1 aromatic carbocycles. The highest BCUT2D eigenvalue weighted by molar-refractivity contribution is 5.70. The molecule has 0 unspecified atom stereocenters. The van der Waals surface area contributed by atoms with Crippen molar-refractivity contribution in [3.8, 4) is 17.2 Å². The number of aryl methyl sites for hydroxylation is 1. The molecule has 3 N–H and O–H groups in total. The number of fused-ring (bicyclic) bond motifs is 1. The second-order valence-electron chi connectivity index (χ2n) is 7.13. The Kier molecular flexibility index (Phi) is 5.77. The molecule has 0 saturated heterocycles. The lowest BCUT2D eigenvalue weighted by atomic mass is 9.97. The van der Waals surface area contributed by atoms with Gasteiger partial charge in [0.2, 0.25) is 0 Å². The maximum Gasteiger partial charge on any atom is 0.263 e. The largest absolute Gasteiger partial charge is 0.382 e. The third kappa shape index (κ3) is 4.11. The summed E-state index contributed by atoms with van der Waals surface area (Å²) in [5, 5.41) is 12.3. The average molecular weight is 432 g/mol. The molecule has 0 amide bonds. The number of halogens is 2. The third-order valence-electron chi connectivity index (χ3n) is 5.04. The summed E-state index contributed by atoms with van der Waals surface area (Å²) in [5.41, 5.74) is 7.42. The first kappa shape index (κ1) is 20.9. The highest BCUT2D eigenvalue weighted by Crippen LogP contribution is 2.24. The van der Waals surface area contributed by atoms with Gasteiger partial charge in [-0.05, 0) is 54.3 Å². The Morgan fingerprint density at radius 3 is 2.75 bits per heavy atom. The van der Waals surface area contributed by atoms with Gasteiger partial charge in [0, 0.05) is 18.3 Å². The van der Waals surface area contributed by atoms with Gasteiger partial charge in [-0.3, -0.25) is 9.20 Å². The second-order valence-corrected chi connectivity index (χ2v) is 7.13. The number of hydrogen-bond acceptors (Lipinski definition) is 6. The van der Waals surface area contributed by atoms with Crippen molar-refractivity contribution >= 4 is 17.2 Å². The standard InChI is InChI=1S/C23H18F2N6O/c24-16-5-1-3-14(9-16)20-15(10-18-7-6-17(25)12-31(18)23(20)32)4-2-8-28-22-19(11-26)21(27)29-13-30-22/h1,3,5-7,9-10,12-13H,2,4,8H2,(H3,27,28,29,30). The molecule has 0 aliphatic carbocycles.